The largest absolute Gasteiger partial charge is 0.490 e. The van der Waals surface area contributed by atoms with E-state index in [1.165, 1.54) is 9.13 Å². The Bertz CT molecular complexity index is 1280. The first-order valence-electron chi connectivity index (χ1n) is 12.0. The Labute approximate surface area is 216 Å². The number of hydrogen-bond acceptors (Lipinski definition) is 8. The standard InChI is InChI=1S/C21H32N6O4.C2HF3O2/c1-5-31-16(28)7-6-11-27-19(29)17-18(24(4)21(27)30)23-20(25-13-9-22-10-14-25)26(17)12-8-15(2)3;3-2(4,5)1(6)7/h8,22H,5-7,9-14H2,1-4H3;(H,6,7). The second-order valence-electron chi connectivity index (χ2n) is 8.72. The van der Waals surface area contributed by atoms with E-state index >= 15 is 0 Å². The first-order chi connectivity index (χ1) is 17.8. The van der Waals surface area contributed by atoms with Crippen molar-refractivity contribution in [2.45, 2.75) is 52.9 Å². The first kappa shape index (κ1) is 30.6. The van der Waals surface area contributed by atoms with E-state index in [2.05, 4.69) is 10.2 Å². The summed E-state index contributed by atoms with van der Waals surface area (Å²) >= 11 is 0. The highest BCUT2D eigenvalue weighted by atomic mass is 19.4. The Morgan fingerprint density at radius 2 is 1.76 bits per heavy atom. The molecule has 15 heteroatoms. The number of esters is 1. The van der Waals surface area contributed by atoms with Crippen molar-refractivity contribution in [1.82, 2.24) is 24.0 Å². The fourth-order valence-corrected chi connectivity index (χ4v) is 3.72. The van der Waals surface area contributed by atoms with Crippen LogP contribution in [0.2, 0.25) is 0 Å². The van der Waals surface area contributed by atoms with E-state index in [4.69, 9.17) is 19.6 Å². The van der Waals surface area contributed by atoms with Crippen LogP contribution in [0.5, 0.6) is 0 Å². The normalized spacial score (nSPS) is 13.6. The van der Waals surface area contributed by atoms with Gasteiger partial charge in [-0.3, -0.25) is 18.7 Å². The molecule has 0 spiro atoms. The smallest absolute Gasteiger partial charge is 0.475 e. The van der Waals surface area contributed by atoms with Crippen LogP contribution < -0.4 is 21.5 Å². The number of allylic oxidation sites excluding steroid dienone is 2. The van der Waals surface area contributed by atoms with Crippen molar-refractivity contribution < 1.29 is 32.6 Å². The monoisotopic (exact) mass is 546 g/mol. The number of aromatic nitrogens is 4. The molecule has 0 bridgehead atoms. The number of aliphatic carboxylic acids is 1. The zero-order valence-electron chi connectivity index (χ0n) is 21.8. The third kappa shape index (κ3) is 7.69. The number of imidazole rings is 1. The van der Waals surface area contributed by atoms with Gasteiger partial charge in [0.15, 0.2) is 11.2 Å². The van der Waals surface area contributed by atoms with Crippen LogP contribution in [0.3, 0.4) is 0 Å². The number of halogens is 3. The van der Waals surface area contributed by atoms with Gasteiger partial charge in [0.25, 0.3) is 5.56 Å². The zero-order valence-corrected chi connectivity index (χ0v) is 21.8. The fourth-order valence-electron chi connectivity index (χ4n) is 3.72. The fraction of sp³-hybridized carbons (Fsp3) is 0.609. The lowest BCUT2D eigenvalue weighted by Gasteiger charge is -2.28. The Balaban J connectivity index is 0.000000638. The summed E-state index contributed by atoms with van der Waals surface area (Å²) < 4.78 is 41.2. The van der Waals surface area contributed by atoms with Crippen LogP contribution in [0.1, 0.15) is 33.6 Å². The van der Waals surface area contributed by atoms with Gasteiger partial charge >= 0.3 is 23.8 Å². The van der Waals surface area contributed by atoms with Gasteiger partial charge in [-0.05, 0) is 27.2 Å². The summed E-state index contributed by atoms with van der Waals surface area (Å²) in [6, 6.07) is 0. The summed E-state index contributed by atoms with van der Waals surface area (Å²) in [6.07, 6.45) is -2.53. The predicted octanol–water partition coefficient (Wildman–Crippen LogP) is 1.25. The Morgan fingerprint density at radius 1 is 1.16 bits per heavy atom. The third-order valence-electron chi connectivity index (χ3n) is 5.60. The molecule has 3 rings (SSSR count). The van der Waals surface area contributed by atoms with Gasteiger partial charge < -0.3 is 24.6 Å². The lowest BCUT2D eigenvalue weighted by molar-refractivity contribution is -0.192. The number of piperazine rings is 1. The summed E-state index contributed by atoms with van der Waals surface area (Å²) in [6.45, 7) is 9.94. The van der Waals surface area contributed by atoms with Crippen LogP contribution in [0.25, 0.3) is 11.2 Å². The highest BCUT2D eigenvalue weighted by Crippen LogP contribution is 2.20. The number of alkyl halides is 3. The topological polar surface area (TPSA) is 141 Å². The molecule has 1 saturated heterocycles. The average Bonchev–Trinajstić information content (AvgIpc) is 3.24. The van der Waals surface area contributed by atoms with Crippen molar-refractivity contribution in [2.24, 2.45) is 7.05 Å². The van der Waals surface area contributed by atoms with E-state index in [1.807, 2.05) is 24.5 Å². The lowest BCUT2D eigenvalue weighted by atomic mass is 10.3. The van der Waals surface area contributed by atoms with E-state index in [0.717, 1.165) is 31.8 Å². The summed E-state index contributed by atoms with van der Waals surface area (Å²) in [7, 11) is 1.63. The Morgan fingerprint density at radius 3 is 2.29 bits per heavy atom. The van der Waals surface area contributed by atoms with E-state index in [0.29, 0.717) is 36.7 Å². The molecule has 12 nitrogen and oxygen atoms in total. The maximum absolute atomic E-state index is 13.4. The molecule has 0 atom stereocenters. The van der Waals surface area contributed by atoms with Crippen LogP contribution in [0.4, 0.5) is 19.1 Å². The number of anilines is 1. The minimum Gasteiger partial charge on any atom is -0.475 e. The van der Waals surface area contributed by atoms with Gasteiger partial charge in [-0.2, -0.15) is 18.2 Å². The second kappa shape index (κ2) is 13.3. The Hall–Kier alpha value is -3.62. The van der Waals surface area contributed by atoms with Crippen molar-refractivity contribution in [3.8, 4) is 0 Å². The number of nitrogens with one attached hydrogen (secondary N) is 1. The number of aryl methyl sites for hydroxylation is 1. The van der Waals surface area contributed by atoms with Crippen LogP contribution >= 0.6 is 0 Å². The van der Waals surface area contributed by atoms with Crippen molar-refractivity contribution in [2.75, 3.05) is 37.7 Å². The molecule has 0 unspecified atom stereocenters. The van der Waals surface area contributed by atoms with Crippen LogP contribution in [-0.4, -0.2) is 74.7 Å². The molecular formula is C23H33F3N6O6. The number of carboxylic acids is 1. The van der Waals surface area contributed by atoms with Gasteiger partial charge in [-0.25, -0.2) is 9.59 Å². The molecule has 0 aromatic carbocycles. The number of ether oxygens (including phenoxy) is 1. The molecule has 3 heterocycles. The second-order valence-corrected chi connectivity index (χ2v) is 8.72. The molecule has 0 aliphatic carbocycles. The summed E-state index contributed by atoms with van der Waals surface area (Å²) in [4.78, 5) is 53.7. The number of hydrogen-bond donors (Lipinski definition) is 2. The predicted molar refractivity (Wildman–Crippen MR) is 133 cm³/mol. The van der Waals surface area contributed by atoms with Gasteiger partial charge in [0.05, 0.1) is 6.61 Å². The van der Waals surface area contributed by atoms with Gasteiger partial charge in [0.2, 0.25) is 5.95 Å². The van der Waals surface area contributed by atoms with Gasteiger partial charge in [-0.1, -0.05) is 11.6 Å². The van der Waals surface area contributed by atoms with Crippen LogP contribution in [0.15, 0.2) is 21.2 Å². The lowest BCUT2D eigenvalue weighted by Crippen LogP contribution is -2.44. The number of carbonyl (C=O) groups excluding carboxylic acids is 1. The Kier molecular flexibility index (Phi) is 10.7. The summed E-state index contributed by atoms with van der Waals surface area (Å²) in [5.74, 6) is -2.39. The van der Waals surface area contributed by atoms with E-state index < -0.39 is 17.8 Å². The number of rotatable bonds is 8. The van der Waals surface area contributed by atoms with Crippen molar-refractivity contribution >= 4 is 29.1 Å². The number of fused-ring (bicyclic) bond motifs is 1. The van der Waals surface area contributed by atoms with Gasteiger partial charge in [0.1, 0.15) is 0 Å². The molecule has 2 N–H and O–H groups in total. The summed E-state index contributed by atoms with van der Waals surface area (Å²) in [5, 5.41) is 10.4. The molecule has 2 aromatic heterocycles. The number of nitrogens with zero attached hydrogens (tertiary/aromatic N) is 5. The average molecular weight is 547 g/mol. The molecule has 212 valence electrons. The maximum Gasteiger partial charge on any atom is 0.490 e. The first-order valence-corrected chi connectivity index (χ1v) is 12.0. The molecule has 0 radical (unpaired) electrons. The molecular weight excluding hydrogens is 513 g/mol. The van der Waals surface area contributed by atoms with Crippen molar-refractivity contribution in [3.63, 3.8) is 0 Å². The minimum absolute atomic E-state index is 0.150. The minimum atomic E-state index is -5.08. The van der Waals surface area contributed by atoms with Crippen molar-refractivity contribution in [1.29, 1.82) is 0 Å². The van der Waals surface area contributed by atoms with E-state index in [-0.39, 0.29) is 24.5 Å². The highest BCUT2D eigenvalue weighted by Gasteiger charge is 2.38. The molecule has 0 amide bonds. The highest BCUT2D eigenvalue weighted by molar-refractivity contribution is 5.75. The molecule has 1 fully saturated rings. The summed E-state index contributed by atoms with van der Waals surface area (Å²) in [5.41, 5.74) is 1.11. The zero-order chi connectivity index (χ0) is 28.6. The molecule has 1 aliphatic rings. The van der Waals surface area contributed by atoms with Crippen LogP contribution in [-0.2, 0) is 34.5 Å². The third-order valence-corrected chi connectivity index (χ3v) is 5.60. The van der Waals surface area contributed by atoms with Crippen LogP contribution in [0, 0.1) is 0 Å². The van der Waals surface area contributed by atoms with Gasteiger partial charge in [-0.15, -0.1) is 0 Å². The molecule has 38 heavy (non-hydrogen) atoms. The maximum atomic E-state index is 13.4. The quantitative estimate of drug-likeness (QED) is 0.370. The van der Waals surface area contributed by atoms with Crippen molar-refractivity contribution in [3.05, 3.63) is 32.5 Å². The van der Waals surface area contributed by atoms with E-state index in [9.17, 15) is 27.6 Å². The SMILES string of the molecule is CCOC(=O)CCCn1c(=O)c2c(nc(N3CCNCC3)n2CC=C(C)C)n(C)c1=O.O=C(O)C(F)(F)F. The number of carboxylic acid groups (broad SMARTS) is 1. The molecule has 2 aromatic rings. The molecule has 0 saturated carbocycles. The van der Waals surface area contributed by atoms with Gasteiger partial charge in [0, 0.05) is 52.7 Å². The van der Waals surface area contributed by atoms with E-state index in [1.54, 1.807) is 14.0 Å². The molecule has 1 aliphatic heterocycles. The number of carbonyl (C=O) groups is 2.